The molecule has 0 unspecified atom stereocenters. The number of hydrogen-bond donors (Lipinski definition) is 3. The average Bonchev–Trinajstić information content (AvgIpc) is 3.00. The first-order valence-electron chi connectivity index (χ1n) is 10.1. The van der Waals surface area contributed by atoms with Crippen LogP contribution in [0.3, 0.4) is 0 Å². The van der Waals surface area contributed by atoms with Crippen molar-refractivity contribution in [2.45, 2.75) is 44.7 Å². The molecule has 4 rings (SSSR count). The lowest BCUT2D eigenvalue weighted by molar-refractivity contribution is -0.137. The summed E-state index contributed by atoms with van der Waals surface area (Å²) in [6.45, 7) is -0.255. The van der Waals surface area contributed by atoms with E-state index in [0.717, 1.165) is 11.3 Å². The maximum atomic E-state index is 14.0. The van der Waals surface area contributed by atoms with Crippen LogP contribution in [0.25, 0.3) is 10.9 Å². The highest BCUT2D eigenvalue weighted by atomic mass is 35.5. The Morgan fingerprint density at radius 3 is 2.77 bits per heavy atom. The average molecular weight is 445 g/mol. The van der Waals surface area contributed by atoms with E-state index >= 15 is 0 Å². The number of carboxylic acid groups (broad SMARTS) is 1. The summed E-state index contributed by atoms with van der Waals surface area (Å²) in [5.74, 6) is -1.45. The third-order valence-electron chi connectivity index (χ3n) is 5.75. The zero-order valence-corrected chi connectivity index (χ0v) is 17.5. The normalized spacial score (nSPS) is 15.6. The lowest BCUT2D eigenvalue weighted by Crippen LogP contribution is -2.39. The maximum absolute atomic E-state index is 14.0. The molecule has 0 fully saturated rings. The van der Waals surface area contributed by atoms with Gasteiger partial charge in [-0.2, -0.15) is 0 Å². The molecule has 1 aliphatic carbocycles. The van der Waals surface area contributed by atoms with Gasteiger partial charge in [0.15, 0.2) is 0 Å². The molecular formula is C23H22ClFN2O4. The lowest BCUT2D eigenvalue weighted by Gasteiger charge is -2.25. The maximum Gasteiger partial charge on any atom is 0.323 e. The summed E-state index contributed by atoms with van der Waals surface area (Å²) in [4.78, 5) is 23.9. The number of aryl methyl sites for hydroxylation is 1. The largest absolute Gasteiger partial charge is 0.508 e. The van der Waals surface area contributed by atoms with Gasteiger partial charge in [-0.25, -0.2) is 4.39 Å². The van der Waals surface area contributed by atoms with Gasteiger partial charge in [-0.05, 0) is 55.0 Å². The number of amides is 1. The molecule has 1 amide bonds. The Balaban J connectivity index is 1.53. The molecule has 1 heterocycles. The van der Waals surface area contributed by atoms with E-state index in [1.165, 1.54) is 12.1 Å². The van der Waals surface area contributed by atoms with Gasteiger partial charge < -0.3 is 20.1 Å². The molecule has 31 heavy (non-hydrogen) atoms. The number of carbonyl (C=O) groups is 2. The number of benzene rings is 2. The summed E-state index contributed by atoms with van der Waals surface area (Å²) in [7, 11) is 0. The number of phenolic OH excluding ortho intramolecular Hbond substituents is 1. The zero-order chi connectivity index (χ0) is 22.1. The van der Waals surface area contributed by atoms with E-state index in [1.54, 1.807) is 22.8 Å². The molecule has 162 valence electrons. The molecular weight excluding hydrogens is 423 g/mol. The summed E-state index contributed by atoms with van der Waals surface area (Å²) < 4.78 is 15.7. The second-order valence-electron chi connectivity index (χ2n) is 7.82. The Morgan fingerprint density at radius 1 is 1.26 bits per heavy atom. The topological polar surface area (TPSA) is 91.6 Å². The molecule has 0 aliphatic heterocycles. The number of halogens is 2. The molecule has 8 heteroatoms. The van der Waals surface area contributed by atoms with Gasteiger partial charge in [0, 0.05) is 23.5 Å². The van der Waals surface area contributed by atoms with E-state index in [1.807, 2.05) is 6.07 Å². The van der Waals surface area contributed by atoms with Gasteiger partial charge in [0.1, 0.15) is 18.1 Å². The Labute approximate surface area is 183 Å². The van der Waals surface area contributed by atoms with Crippen LogP contribution in [0.4, 0.5) is 4.39 Å². The lowest BCUT2D eigenvalue weighted by atomic mass is 9.91. The summed E-state index contributed by atoms with van der Waals surface area (Å²) in [5.41, 5.74) is 2.88. The van der Waals surface area contributed by atoms with Crippen molar-refractivity contribution >= 4 is 34.4 Å². The summed E-state index contributed by atoms with van der Waals surface area (Å²) in [6.07, 6.45) is 2.34. The molecule has 2 aromatic carbocycles. The van der Waals surface area contributed by atoms with E-state index in [0.29, 0.717) is 42.1 Å². The van der Waals surface area contributed by atoms with Crippen LogP contribution in [-0.2, 0) is 35.4 Å². The Morgan fingerprint density at radius 2 is 2.03 bits per heavy atom. The van der Waals surface area contributed by atoms with Crippen molar-refractivity contribution in [3.05, 3.63) is 64.1 Å². The fourth-order valence-electron chi connectivity index (χ4n) is 4.40. The number of phenols is 1. The number of aromatic nitrogens is 1. The molecule has 3 N–H and O–H groups in total. The van der Waals surface area contributed by atoms with E-state index in [2.05, 4.69) is 5.32 Å². The smallest absolute Gasteiger partial charge is 0.323 e. The third-order valence-corrected chi connectivity index (χ3v) is 6.04. The summed E-state index contributed by atoms with van der Waals surface area (Å²) >= 11 is 6.26. The first-order chi connectivity index (χ1) is 14.8. The zero-order valence-electron chi connectivity index (χ0n) is 16.7. The molecule has 0 saturated heterocycles. The number of carbonyl (C=O) groups excluding carboxylic acids is 1. The molecule has 0 spiro atoms. The van der Waals surface area contributed by atoms with Gasteiger partial charge in [0.25, 0.3) is 0 Å². The summed E-state index contributed by atoms with van der Waals surface area (Å²) in [6, 6.07) is 9.33. The van der Waals surface area contributed by atoms with Crippen LogP contribution in [0.5, 0.6) is 5.75 Å². The fourth-order valence-corrected chi connectivity index (χ4v) is 4.71. The molecule has 1 aliphatic rings. The van der Waals surface area contributed by atoms with Gasteiger partial charge in [-0.1, -0.05) is 29.8 Å². The second-order valence-corrected chi connectivity index (χ2v) is 8.23. The van der Waals surface area contributed by atoms with E-state index in [4.69, 9.17) is 11.6 Å². The van der Waals surface area contributed by atoms with Crippen molar-refractivity contribution in [1.29, 1.82) is 0 Å². The van der Waals surface area contributed by atoms with Crippen molar-refractivity contribution in [3.63, 3.8) is 0 Å². The predicted molar refractivity (Wildman–Crippen MR) is 115 cm³/mol. The van der Waals surface area contributed by atoms with Crippen molar-refractivity contribution in [2.75, 3.05) is 0 Å². The number of fused-ring (bicyclic) bond motifs is 3. The Kier molecular flexibility index (Phi) is 5.87. The van der Waals surface area contributed by atoms with Gasteiger partial charge in [0.05, 0.1) is 10.5 Å². The molecule has 3 aromatic rings. The molecule has 0 radical (unpaired) electrons. The number of rotatable bonds is 6. The third kappa shape index (κ3) is 4.37. The predicted octanol–water partition coefficient (Wildman–Crippen LogP) is 3.83. The minimum absolute atomic E-state index is 0.129. The number of hydrogen-bond acceptors (Lipinski definition) is 3. The van der Waals surface area contributed by atoms with Gasteiger partial charge in [-0.15, -0.1) is 0 Å². The van der Waals surface area contributed by atoms with E-state index in [9.17, 15) is 24.2 Å². The van der Waals surface area contributed by atoms with Crippen molar-refractivity contribution in [2.24, 2.45) is 0 Å². The molecule has 0 saturated carbocycles. The van der Waals surface area contributed by atoms with Crippen LogP contribution in [0, 0.1) is 5.82 Å². The van der Waals surface area contributed by atoms with Crippen LogP contribution in [0.2, 0.25) is 5.02 Å². The van der Waals surface area contributed by atoms with Crippen LogP contribution in [0.1, 0.15) is 29.7 Å². The van der Waals surface area contributed by atoms with Crippen molar-refractivity contribution < 1.29 is 24.2 Å². The highest BCUT2D eigenvalue weighted by molar-refractivity contribution is 6.35. The summed E-state index contributed by atoms with van der Waals surface area (Å²) in [5, 5.41) is 23.0. The number of nitrogens with one attached hydrogen (secondary N) is 1. The number of carboxylic acids is 1. The van der Waals surface area contributed by atoms with Crippen LogP contribution >= 0.6 is 11.6 Å². The molecule has 1 atom stereocenters. The molecule has 6 nitrogen and oxygen atoms in total. The highest BCUT2D eigenvalue weighted by Crippen LogP contribution is 2.36. The quantitative estimate of drug-likeness (QED) is 0.539. The number of nitrogens with zero attached hydrogens (tertiary/aromatic N) is 1. The van der Waals surface area contributed by atoms with Crippen LogP contribution < -0.4 is 5.32 Å². The van der Waals surface area contributed by atoms with E-state index < -0.39 is 11.8 Å². The number of para-hydroxylation sites is 1. The Hall–Kier alpha value is -3.06. The van der Waals surface area contributed by atoms with E-state index in [-0.39, 0.29) is 35.7 Å². The monoisotopic (exact) mass is 444 g/mol. The standard InChI is InChI=1S/C23H22ClFN2O4/c24-18-10-14(25)9-17-16-11-15(6-7-19(16)27(23(17)18)12-22(30)31)26-21(29)8-5-13-3-1-2-4-20(13)28/h1-4,9-10,15,28H,5-8,11-12H2,(H,26,29)(H,30,31)/t15-/m1/s1. The minimum atomic E-state index is -1.00. The second kappa shape index (κ2) is 8.59. The van der Waals surface area contributed by atoms with Crippen LogP contribution in [0.15, 0.2) is 36.4 Å². The first-order valence-corrected chi connectivity index (χ1v) is 10.5. The molecule has 0 bridgehead atoms. The van der Waals surface area contributed by atoms with Crippen molar-refractivity contribution in [1.82, 2.24) is 9.88 Å². The number of aliphatic carboxylic acids is 1. The van der Waals surface area contributed by atoms with Gasteiger partial charge in [-0.3, -0.25) is 9.59 Å². The Bertz CT molecular complexity index is 1170. The van der Waals surface area contributed by atoms with Gasteiger partial charge >= 0.3 is 5.97 Å². The fraction of sp³-hybridized carbons (Fsp3) is 0.304. The van der Waals surface area contributed by atoms with Gasteiger partial charge in [0.2, 0.25) is 5.91 Å². The SMILES string of the molecule is O=C(O)Cn1c2c(c3cc(F)cc(Cl)c31)C[C@H](NC(=O)CCc1ccccc1O)CC2. The highest BCUT2D eigenvalue weighted by Gasteiger charge is 2.28. The molecule has 1 aromatic heterocycles. The minimum Gasteiger partial charge on any atom is -0.508 e. The first kappa shape index (κ1) is 21.2. The van der Waals surface area contributed by atoms with Crippen LogP contribution in [-0.4, -0.2) is 32.7 Å². The van der Waals surface area contributed by atoms with Crippen molar-refractivity contribution in [3.8, 4) is 5.75 Å². The number of aromatic hydroxyl groups is 1.